The number of para-hydroxylation sites is 1. The number of Topliss-reactive ketones (excluding diaryl/α,β-unsaturated/α-hetero) is 1. The van der Waals surface area contributed by atoms with Crippen molar-refractivity contribution in [2.45, 2.75) is 6.92 Å². The summed E-state index contributed by atoms with van der Waals surface area (Å²) in [5.41, 5.74) is 7.01. The summed E-state index contributed by atoms with van der Waals surface area (Å²) in [5, 5.41) is 1.08. The van der Waals surface area contributed by atoms with Crippen LogP contribution in [-0.4, -0.2) is 16.5 Å². The van der Waals surface area contributed by atoms with Crippen LogP contribution in [0.2, 0.25) is 0 Å². The number of aryl methyl sites for hydroxylation is 1. The van der Waals surface area contributed by atoms with Crippen LogP contribution in [0.1, 0.15) is 27.0 Å². The molecule has 0 radical (unpaired) electrons. The van der Waals surface area contributed by atoms with Crippen molar-refractivity contribution in [1.82, 2.24) is 4.98 Å². The van der Waals surface area contributed by atoms with Crippen LogP contribution < -0.4 is 0 Å². The Bertz CT molecular complexity index is 1280. The lowest BCUT2D eigenvalue weighted by Crippen LogP contribution is -2.16. The Morgan fingerprint density at radius 2 is 1.54 bits per heavy atom. The van der Waals surface area contributed by atoms with Crippen molar-refractivity contribution < 1.29 is 4.79 Å². The molecule has 4 aromatic rings. The van der Waals surface area contributed by atoms with Gasteiger partial charge in [-0.3, -0.25) is 4.79 Å². The molecule has 1 N–H and O–H groups in total. The van der Waals surface area contributed by atoms with E-state index in [0.717, 1.165) is 39.0 Å². The molecule has 0 unspecified atom stereocenters. The van der Waals surface area contributed by atoms with Gasteiger partial charge in [-0.25, -0.2) is 4.99 Å². The van der Waals surface area contributed by atoms with Gasteiger partial charge in [0, 0.05) is 39.4 Å². The van der Waals surface area contributed by atoms with Crippen molar-refractivity contribution in [2.24, 2.45) is 4.99 Å². The largest absolute Gasteiger partial charge is 0.361 e. The van der Waals surface area contributed by atoms with Crippen molar-refractivity contribution in [2.75, 3.05) is 0 Å². The third-order valence-electron chi connectivity index (χ3n) is 5.18. The minimum absolute atomic E-state index is 0.0340. The third kappa shape index (κ3) is 2.60. The van der Waals surface area contributed by atoms with Crippen molar-refractivity contribution in [3.05, 3.63) is 107 Å². The average Bonchev–Trinajstić information content (AvgIpc) is 3.16. The number of rotatable bonds is 2. The molecule has 134 valence electrons. The highest BCUT2D eigenvalue weighted by molar-refractivity contribution is 6.40. The zero-order chi connectivity index (χ0) is 19.1. The second-order valence-electron chi connectivity index (χ2n) is 6.97. The van der Waals surface area contributed by atoms with Crippen LogP contribution in [0.15, 0.2) is 90.1 Å². The van der Waals surface area contributed by atoms with Crippen LogP contribution in [0.3, 0.4) is 0 Å². The fraction of sp³-hybridized carbons (Fsp3) is 0.0400. The van der Waals surface area contributed by atoms with E-state index in [-0.39, 0.29) is 5.78 Å². The predicted molar refractivity (Wildman–Crippen MR) is 114 cm³/mol. The lowest BCUT2D eigenvalue weighted by Gasteiger charge is -2.18. The standard InChI is InChI=1S/C25H18N2O/c1-16-8-7-13-22-24(16)21(15-26-22)20-14-23(27-17-9-3-2-4-10-17)18-11-5-6-12-19(18)25(20)28/h2-15,26H,1H3. The number of nitrogens with zero attached hydrogens (tertiary/aromatic N) is 1. The number of allylic oxidation sites excluding steroid dienone is 2. The lowest BCUT2D eigenvalue weighted by molar-refractivity contribution is 0.105. The smallest absolute Gasteiger partial charge is 0.194 e. The SMILES string of the molecule is Cc1cccc2[nH]cc(C3=CC(=Nc4ccccc4)c4ccccc4C3=O)c12. The number of H-pyrrole nitrogens is 1. The molecule has 0 saturated carbocycles. The highest BCUT2D eigenvalue weighted by Gasteiger charge is 2.26. The number of carbonyl (C=O) groups is 1. The van der Waals surface area contributed by atoms with E-state index in [9.17, 15) is 4.79 Å². The fourth-order valence-electron chi connectivity index (χ4n) is 3.84. The van der Waals surface area contributed by atoms with E-state index < -0.39 is 0 Å². The van der Waals surface area contributed by atoms with Gasteiger partial charge < -0.3 is 4.98 Å². The van der Waals surface area contributed by atoms with E-state index in [1.54, 1.807) is 0 Å². The second-order valence-corrected chi connectivity index (χ2v) is 6.97. The van der Waals surface area contributed by atoms with Gasteiger partial charge in [-0.15, -0.1) is 0 Å². The van der Waals surface area contributed by atoms with Crippen LogP contribution in [0, 0.1) is 6.92 Å². The Morgan fingerprint density at radius 3 is 2.36 bits per heavy atom. The maximum absolute atomic E-state index is 13.3. The van der Waals surface area contributed by atoms with Crippen molar-refractivity contribution in [3.63, 3.8) is 0 Å². The summed E-state index contributed by atoms with van der Waals surface area (Å²) < 4.78 is 0. The van der Waals surface area contributed by atoms with Gasteiger partial charge in [0.05, 0.1) is 11.4 Å². The molecule has 0 spiro atoms. The maximum Gasteiger partial charge on any atom is 0.194 e. The van der Waals surface area contributed by atoms with Crippen LogP contribution >= 0.6 is 0 Å². The Kier molecular flexibility index (Phi) is 3.80. The van der Waals surface area contributed by atoms with Crippen molar-refractivity contribution in [1.29, 1.82) is 0 Å². The normalized spacial score (nSPS) is 15.0. The monoisotopic (exact) mass is 362 g/mol. The van der Waals surface area contributed by atoms with E-state index >= 15 is 0 Å². The maximum atomic E-state index is 13.3. The minimum atomic E-state index is 0.0340. The number of fused-ring (bicyclic) bond motifs is 2. The van der Waals surface area contributed by atoms with Gasteiger partial charge in [0.15, 0.2) is 5.78 Å². The Labute approximate surface area is 163 Å². The molecule has 3 aromatic carbocycles. The summed E-state index contributed by atoms with van der Waals surface area (Å²) in [6, 6.07) is 23.7. The van der Waals surface area contributed by atoms with Gasteiger partial charge in [-0.05, 0) is 36.8 Å². The molecule has 0 atom stereocenters. The van der Waals surface area contributed by atoms with Gasteiger partial charge in [-0.1, -0.05) is 54.6 Å². The topological polar surface area (TPSA) is 45.2 Å². The summed E-state index contributed by atoms with van der Waals surface area (Å²) in [4.78, 5) is 21.5. The highest BCUT2D eigenvalue weighted by Crippen LogP contribution is 2.34. The van der Waals surface area contributed by atoms with Gasteiger partial charge >= 0.3 is 0 Å². The predicted octanol–water partition coefficient (Wildman–Crippen LogP) is 5.88. The number of hydrogen-bond acceptors (Lipinski definition) is 2. The molecule has 1 heterocycles. The van der Waals surface area contributed by atoms with E-state index in [2.05, 4.69) is 18.0 Å². The Balaban J connectivity index is 1.76. The molecular weight excluding hydrogens is 344 g/mol. The van der Waals surface area contributed by atoms with E-state index in [1.807, 2.05) is 79.0 Å². The molecule has 3 nitrogen and oxygen atoms in total. The Morgan fingerprint density at radius 1 is 0.786 bits per heavy atom. The molecule has 5 rings (SSSR count). The van der Waals surface area contributed by atoms with Gasteiger partial charge in [0.1, 0.15) is 0 Å². The number of benzene rings is 3. The molecule has 0 saturated heterocycles. The second kappa shape index (κ2) is 6.46. The number of carbonyl (C=O) groups excluding carboxylic acids is 1. The number of ketones is 1. The molecule has 0 bridgehead atoms. The number of hydrogen-bond donors (Lipinski definition) is 1. The van der Waals surface area contributed by atoms with E-state index in [0.29, 0.717) is 11.1 Å². The van der Waals surface area contributed by atoms with Crippen LogP contribution in [0.4, 0.5) is 5.69 Å². The molecule has 0 amide bonds. The lowest BCUT2D eigenvalue weighted by atomic mass is 9.85. The summed E-state index contributed by atoms with van der Waals surface area (Å²) in [7, 11) is 0. The van der Waals surface area contributed by atoms with Gasteiger partial charge in [-0.2, -0.15) is 0 Å². The van der Waals surface area contributed by atoms with E-state index in [4.69, 9.17) is 4.99 Å². The number of nitrogens with one attached hydrogen (secondary N) is 1. The fourth-order valence-corrected chi connectivity index (χ4v) is 3.84. The molecule has 1 aliphatic rings. The molecule has 28 heavy (non-hydrogen) atoms. The number of aliphatic imine (C=N–C) groups is 1. The summed E-state index contributed by atoms with van der Waals surface area (Å²) in [6.07, 6.45) is 3.85. The van der Waals surface area contributed by atoms with Gasteiger partial charge in [0.2, 0.25) is 0 Å². The zero-order valence-electron chi connectivity index (χ0n) is 15.4. The molecule has 0 aliphatic heterocycles. The quantitative estimate of drug-likeness (QED) is 0.476. The van der Waals surface area contributed by atoms with Crippen LogP contribution in [0.25, 0.3) is 16.5 Å². The number of aromatic nitrogens is 1. The Hall–Kier alpha value is -3.72. The van der Waals surface area contributed by atoms with Crippen LogP contribution in [-0.2, 0) is 0 Å². The summed E-state index contributed by atoms with van der Waals surface area (Å²) in [6.45, 7) is 2.07. The zero-order valence-corrected chi connectivity index (χ0v) is 15.4. The average molecular weight is 362 g/mol. The molecule has 1 aliphatic carbocycles. The van der Waals surface area contributed by atoms with E-state index in [1.165, 1.54) is 0 Å². The van der Waals surface area contributed by atoms with Crippen LogP contribution in [0.5, 0.6) is 0 Å². The van der Waals surface area contributed by atoms with Crippen molar-refractivity contribution in [3.8, 4) is 0 Å². The van der Waals surface area contributed by atoms with Gasteiger partial charge in [0.25, 0.3) is 0 Å². The number of aromatic amines is 1. The highest BCUT2D eigenvalue weighted by atomic mass is 16.1. The third-order valence-corrected chi connectivity index (χ3v) is 5.18. The molecule has 0 fully saturated rings. The van der Waals surface area contributed by atoms with Crippen molar-refractivity contribution >= 4 is 33.7 Å². The molecule has 3 heteroatoms. The first kappa shape index (κ1) is 16.5. The summed E-state index contributed by atoms with van der Waals surface area (Å²) in [5.74, 6) is 0.0340. The summed E-state index contributed by atoms with van der Waals surface area (Å²) >= 11 is 0. The first-order chi connectivity index (χ1) is 13.7. The molecule has 1 aromatic heterocycles. The molecular formula is C25H18N2O. The first-order valence-electron chi connectivity index (χ1n) is 9.29. The first-order valence-corrected chi connectivity index (χ1v) is 9.29. The minimum Gasteiger partial charge on any atom is -0.361 e.